The molecular weight excluding hydrogens is 336 g/mol. The molecule has 1 aromatic rings. The monoisotopic (exact) mass is 372 g/mol. The zero-order valence-corrected chi connectivity index (χ0v) is 17.4. The van der Waals surface area contributed by atoms with Crippen molar-refractivity contribution in [1.29, 1.82) is 0 Å². The number of anilines is 1. The van der Waals surface area contributed by atoms with Gasteiger partial charge in [0.2, 0.25) is 0 Å². The third-order valence-corrected chi connectivity index (χ3v) is 3.52. The third-order valence-electron chi connectivity index (χ3n) is 3.52. The average Bonchev–Trinajstić information content (AvgIpc) is 2.70. The highest BCUT2D eigenvalue weighted by atomic mass is 16.5. The van der Waals surface area contributed by atoms with Gasteiger partial charge in [0.15, 0.2) is 0 Å². The second-order valence-electron chi connectivity index (χ2n) is 5.53. The van der Waals surface area contributed by atoms with Crippen LogP contribution in [0.4, 0.5) is 5.69 Å². The fourth-order valence-electron chi connectivity index (χ4n) is 2.29. The van der Waals surface area contributed by atoms with Crippen molar-refractivity contribution in [1.82, 2.24) is 5.01 Å². The Hall–Kier alpha value is -2.33. The first-order chi connectivity index (χ1) is 13.2. The van der Waals surface area contributed by atoms with Crippen LogP contribution in [-0.2, 0) is 9.53 Å². The molecule has 1 unspecified atom stereocenters. The summed E-state index contributed by atoms with van der Waals surface area (Å²) in [6, 6.07) is 10.0. The first-order valence-electron chi connectivity index (χ1n) is 9.91. The lowest BCUT2D eigenvalue weighted by atomic mass is 10.2. The van der Waals surface area contributed by atoms with Crippen LogP contribution in [0.2, 0.25) is 0 Å². The van der Waals surface area contributed by atoms with Crippen LogP contribution in [-0.4, -0.2) is 30.2 Å². The van der Waals surface area contributed by atoms with E-state index < -0.39 is 0 Å². The van der Waals surface area contributed by atoms with Crippen LogP contribution in [0.25, 0.3) is 0 Å². The number of benzene rings is 1. The Balaban J connectivity index is 0.00000326. The molecule has 0 heterocycles. The summed E-state index contributed by atoms with van der Waals surface area (Å²) in [6.07, 6.45) is 12.3. The minimum absolute atomic E-state index is 0.0175. The average molecular weight is 373 g/mol. The molecule has 0 aromatic heterocycles. The normalized spacial score (nSPS) is 11.9. The molecule has 1 atom stereocenters. The van der Waals surface area contributed by atoms with Crippen molar-refractivity contribution >= 4 is 11.7 Å². The van der Waals surface area contributed by atoms with Crippen molar-refractivity contribution in [3.63, 3.8) is 0 Å². The van der Waals surface area contributed by atoms with Gasteiger partial charge in [-0.1, -0.05) is 69.4 Å². The van der Waals surface area contributed by atoms with Gasteiger partial charge in [-0.05, 0) is 31.9 Å². The standard InChI is InChI=1S/C21H30N2O2.C2H6/c1-4-7-8-12-16-20(5-2)23(18-13-17-21(24)25-6-3)22-19-14-10-9-11-15-19;1-2/h5,7-12,14-16,20,22H,2,4,6,13,17-18H2,1,3H3;1-2H3/b8-7-,16-12-;. The number of hydrogen-bond acceptors (Lipinski definition) is 4. The zero-order valence-electron chi connectivity index (χ0n) is 17.4. The van der Waals surface area contributed by atoms with E-state index in [1.54, 1.807) is 0 Å². The first-order valence-corrected chi connectivity index (χ1v) is 9.91. The number of hydrazine groups is 1. The minimum atomic E-state index is -0.154. The summed E-state index contributed by atoms with van der Waals surface area (Å²) < 4.78 is 5.00. The van der Waals surface area contributed by atoms with E-state index in [4.69, 9.17) is 4.74 Å². The summed E-state index contributed by atoms with van der Waals surface area (Å²) in [6.45, 7) is 13.0. The molecule has 1 N–H and O–H groups in total. The molecule has 1 aromatic carbocycles. The van der Waals surface area contributed by atoms with Crippen molar-refractivity contribution in [3.05, 3.63) is 67.3 Å². The summed E-state index contributed by atoms with van der Waals surface area (Å²) in [5.74, 6) is -0.154. The van der Waals surface area contributed by atoms with Gasteiger partial charge in [-0.3, -0.25) is 4.79 Å². The fraction of sp³-hybridized carbons (Fsp3) is 0.435. The van der Waals surface area contributed by atoms with E-state index in [2.05, 4.69) is 36.1 Å². The molecule has 150 valence electrons. The number of carbonyl (C=O) groups is 1. The van der Waals surface area contributed by atoms with E-state index in [0.29, 0.717) is 26.0 Å². The molecule has 4 heteroatoms. The first kappa shape index (κ1) is 24.7. The van der Waals surface area contributed by atoms with E-state index in [9.17, 15) is 4.79 Å². The van der Waals surface area contributed by atoms with Crippen LogP contribution in [0.3, 0.4) is 0 Å². The highest BCUT2D eigenvalue weighted by molar-refractivity contribution is 5.69. The summed E-state index contributed by atoms with van der Waals surface area (Å²) in [7, 11) is 0. The van der Waals surface area contributed by atoms with Crippen LogP contribution in [0.1, 0.15) is 47.0 Å². The smallest absolute Gasteiger partial charge is 0.305 e. The number of allylic oxidation sites excluding steroid dienone is 3. The number of nitrogens with one attached hydrogen (secondary N) is 1. The zero-order chi connectivity index (χ0) is 20.3. The predicted octanol–water partition coefficient (Wildman–Crippen LogP) is 5.76. The van der Waals surface area contributed by atoms with Crippen LogP contribution in [0, 0.1) is 0 Å². The maximum Gasteiger partial charge on any atom is 0.305 e. The van der Waals surface area contributed by atoms with Crippen molar-refractivity contribution in [2.45, 2.75) is 53.0 Å². The Labute approximate surface area is 165 Å². The maximum atomic E-state index is 11.6. The Kier molecular flexibility index (Phi) is 15.6. The third kappa shape index (κ3) is 11.8. The summed E-state index contributed by atoms with van der Waals surface area (Å²) in [5.41, 5.74) is 4.41. The Bertz CT molecular complexity index is 553. The van der Waals surface area contributed by atoms with Crippen LogP contribution < -0.4 is 5.43 Å². The van der Waals surface area contributed by atoms with E-state index in [-0.39, 0.29) is 12.0 Å². The van der Waals surface area contributed by atoms with Gasteiger partial charge in [0, 0.05) is 18.7 Å². The van der Waals surface area contributed by atoms with Gasteiger partial charge >= 0.3 is 5.97 Å². The number of para-hydroxylation sites is 1. The predicted molar refractivity (Wildman–Crippen MR) is 117 cm³/mol. The van der Waals surface area contributed by atoms with E-state index in [1.807, 2.05) is 69.3 Å². The van der Waals surface area contributed by atoms with Gasteiger partial charge in [-0.2, -0.15) is 0 Å². The second-order valence-corrected chi connectivity index (χ2v) is 5.53. The van der Waals surface area contributed by atoms with Gasteiger partial charge in [0.1, 0.15) is 0 Å². The fourth-order valence-corrected chi connectivity index (χ4v) is 2.29. The molecule has 1 rings (SSSR count). The maximum absolute atomic E-state index is 11.6. The van der Waals surface area contributed by atoms with Crippen molar-refractivity contribution < 1.29 is 9.53 Å². The lowest BCUT2D eigenvalue weighted by molar-refractivity contribution is -0.143. The molecule has 0 bridgehead atoms. The quantitative estimate of drug-likeness (QED) is 0.219. The number of ether oxygens (including phenoxy) is 1. The molecule has 0 aliphatic heterocycles. The Morgan fingerprint density at radius 1 is 1.22 bits per heavy atom. The molecule has 0 aliphatic rings. The number of carbonyl (C=O) groups excluding carboxylic acids is 1. The van der Waals surface area contributed by atoms with Crippen LogP contribution in [0.5, 0.6) is 0 Å². The Morgan fingerprint density at radius 2 is 1.93 bits per heavy atom. The molecule has 27 heavy (non-hydrogen) atoms. The highest BCUT2D eigenvalue weighted by Crippen LogP contribution is 2.12. The van der Waals surface area contributed by atoms with Gasteiger partial charge < -0.3 is 10.2 Å². The van der Waals surface area contributed by atoms with Gasteiger partial charge in [0.25, 0.3) is 0 Å². The van der Waals surface area contributed by atoms with Gasteiger partial charge in [-0.15, -0.1) is 6.58 Å². The SMILES string of the molecule is C=CC(/C=C\C=C/CC)N(CCCC(=O)OCC)Nc1ccccc1.CC. The Morgan fingerprint density at radius 3 is 2.52 bits per heavy atom. The lowest BCUT2D eigenvalue weighted by Gasteiger charge is -2.29. The van der Waals surface area contributed by atoms with E-state index in [1.165, 1.54) is 0 Å². The minimum Gasteiger partial charge on any atom is -0.466 e. The van der Waals surface area contributed by atoms with E-state index in [0.717, 1.165) is 12.1 Å². The largest absolute Gasteiger partial charge is 0.466 e. The number of esters is 1. The summed E-state index contributed by atoms with van der Waals surface area (Å²) in [5, 5.41) is 2.08. The van der Waals surface area contributed by atoms with Gasteiger partial charge in [-0.25, -0.2) is 5.01 Å². The number of rotatable bonds is 12. The highest BCUT2D eigenvalue weighted by Gasteiger charge is 2.13. The molecule has 0 amide bonds. The molecule has 0 fully saturated rings. The summed E-state index contributed by atoms with van der Waals surface area (Å²) in [4.78, 5) is 11.6. The topological polar surface area (TPSA) is 41.6 Å². The lowest BCUT2D eigenvalue weighted by Crippen LogP contribution is -2.38. The molecule has 0 aliphatic carbocycles. The van der Waals surface area contributed by atoms with Gasteiger partial charge in [0.05, 0.1) is 12.6 Å². The molecule has 0 radical (unpaired) electrons. The molecule has 4 nitrogen and oxygen atoms in total. The molecule has 0 saturated carbocycles. The molecule has 0 spiro atoms. The number of nitrogens with zero attached hydrogens (tertiary/aromatic N) is 1. The van der Waals surface area contributed by atoms with E-state index >= 15 is 0 Å². The van der Waals surface area contributed by atoms with Crippen LogP contribution >= 0.6 is 0 Å². The molecular formula is C23H36N2O2. The summed E-state index contributed by atoms with van der Waals surface area (Å²) >= 11 is 0. The molecule has 0 saturated heterocycles. The van der Waals surface area contributed by atoms with Crippen molar-refractivity contribution in [2.24, 2.45) is 0 Å². The second kappa shape index (κ2) is 17.1. The van der Waals surface area contributed by atoms with Crippen LogP contribution in [0.15, 0.2) is 67.3 Å². The van der Waals surface area contributed by atoms with Crippen molar-refractivity contribution in [3.8, 4) is 0 Å². The van der Waals surface area contributed by atoms with Crippen molar-refractivity contribution in [2.75, 3.05) is 18.6 Å². The number of hydrogen-bond donors (Lipinski definition) is 1.